The summed E-state index contributed by atoms with van der Waals surface area (Å²) in [6.07, 6.45) is 0. The quantitative estimate of drug-likeness (QED) is 0.438. The van der Waals surface area contributed by atoms with Crippen molar-refractivity contribution >= 4 is 37.7 Å². The molecule has 24 heavy (non-hydrogen) atoms. The highest BCUT2D eigenvalue weighted by molar-refractivity contribution is 9.10. The molecule has 0 atom stereocenters. The van der Waals surface area contributed by atoms with Crippen molar-refractivity contribution in [1.82, 2.24) is 0 Å². The molecule has 4 rings (SSSR count). The molecule has 1 heterocycles. The van der Waals surface area contributed by atoms with E-state index in [-0.39, 0.29) is 5.43 Å². The fourth-order valence-electron chi connectivity index (χ4n) is 2.83. The van der Waals surface area contributed by atoms with Gasteiger partial charge in [-0.1, -0.05) is 40.2 Å². The van der Waals surface area contributed by atoms with Gasteiger partial charge < -0.3 is 9.15 Å². The first-order valence-electron chi connectivity index (χ1n) is 7.47. The third-order valence-electron chi connectivity index (χ3n) is 4.06. The van der Waals surface area contributed by atoms with Gasteiger partial charge >= 0.3 is 0 Å². The van der Waals surface area contributed by atoms with Gasteiger partial charge in [0.2, 0.25) is 0 Å². The van der Waals surface area contributed by atoms with Crippen molar-refractivity contribution in [2.24, 2.45) is 0 Å². The average molecular weight is 381 g/mol. The zero-order chi connectivity index (χ0) is 16.7. The van der Waals surface area contributed by atoms with E-state index in [1.54, 1.807) is 7.11 Å². The second kappa shape index (κ2) is 5.80. The highest BCUT2D eigenvalue weighted by atomic mass is 79.9. The van der Waals surface area contributed by atoms with E-state index in [4.69, 9.17) is 9.15 Å². The number of fused-ring (bicyclic) bond motifs is 3. The molecule has 0 aliphatic heterocycles. The van der Waals surface area contributed by atoms with Crippen LogP contribution < -0.4 is 10.2 Å². The van der Waals surface area contributed by atoms with E-state index in [2.05, 4.69) is 15.9 Å². The molecule has 0 fully saturated rings. The summed E-state index contributed by atoms with van der Waals surface area (Å²) < 4.78 is 12.2. The minimum atomic E-state index is -0.0616. The molecule has 0 aliphatic carbocycles. The summed E-state index contributed by atoms with van der Waals surface area (Å²) in [5.74, 6) is 1.30. The number of hydrogen-bond donors (Lipinski definition) is 0. The molecular weight excluding hydrogens is 368 g/mol. The normalized spacial score (nSPS) is 11.1. The van der Waals surface area contributed by atoms with Gasteiger partial charge in [0.15, 0.2) is 5.43 Å². The molecule has 0 bridgehead atoms. The third kappa shape index (κ3) is 2.39. The molecule has 118 valence electrons. The van der Waals surface area contributed by atoms with Gasteiger partial charge in [-0.3, -0.25) is 4.79 Å². The largest absolute Gasteiger partial charge is 0.497 e. The molecule has 0 spiro atoms. The summed E-state index contributed by atoms with van der Waals surface area (Å²) in [7, 11) is 1.62. The van der Waals surface area contributed by atoms with Gasteiger partial charge in [-0.25, -0.2) is 0 Å². The van der Waals surface area contributed by atoms with Crippen molar-refractivity contribution in [3.63, 3.8) is 0 Å². The van der Waals surface area contributed by atoms with Crippen LogP contribution in [0, 0.1) is 0 Å². The highest BCUT2D eigenvalue weighted by Crippen LogP contribution is 2.33. The van der Waals surface area contributed by atoms with Gasteiger partial charge in [-0.05, 0) is 35.7 Å². The van der Waals surface area contributed by atoms with E-state index in [1.807, 2.05) is 54.6 Å². The molecule has 0 N–H and O–H groups in total. The number of halogens is 1. The number of ether oxygens (including phenoxy) is 1. The van der Waals surface area contributed by atoms with Crippen molar-refractivity contribution in [1.29, 1.82) is 0 Å². The third-order valence-corrected chi connectivity index (χ3v) is 4.71. The van der Waals surface area contributed by atoms with Crippen LogP contribution in [0.5, 0.6) is 5.75 Å². The minimum Gasteiger partial charge on any atom is -0.497 e. The number of rotatable bonds is 2. The lowest BCUT2D eigenvalue weighted by atomic mass is 10.1. The molecule has 4 heteroatoms. The fraction of sp³-hybridized carbons (Fsp3) is 0.0500. The van der Waals surface area contributed by atoms with Crippen molar-refractivity contribution in [2.45, 2.75) is 0 Å². The monoisotopic (exact) mass is 380 g/mol. The Labute approximate surface area is 146 Å². The van der Waals surface area contributed by atoms with Gasteiger partial charge in [0.05, 0.1) is 12.5 Å². The van der Waals surface area contributed by atoms with E-state index in [9.17, 15) is 4.79 Å². The molecule has 0 radical (unpaired) electrons. The van der Waals surface area contributed by atoms with E-state index in [0.717, 1.165) is 26.6 Å². The predicted molar refractivity (Wildman–Crippen MR) is 99.7 cm³/mol. The summed E-state index contributed by atoms with van der Waals surface area (Å²) in [6, 6.07) is 18.7. The van der Waals surface area contributed by atoms with Crippen LogP contribution in [0.1, 0.15) is 0 Å². The predicted octanol–water partition coefficient (Wildman–Crippen LogP) is 5.38. The molecule has 0 saturated carbocycles. The van der Waals surface area contributed by atoms with Crippen LogP contribution in [0.2, 0.25) is 0 Å². The van der Waals surface area contributed by atoms with Gasteiger partial charge in [0.25, 0.3) is 0 Å². The summed E-state index contributed by atoms with van der Waals surface area (Å²) >= 11 is 3.54. The Morgan fingerprint density at radius 1 is 0.917 bits per heavy atom. The molecule has 0 aliphatic rings. The summed E-state index contributed by atoms with van der Waals surface area (Å²) in [4.78, 5) is 12.6. The Bertz CT molecular complexity index is 1110. The maximum Gasteiger partial charge on any atom is 0.193 e. The first-order chi connectivity index (χ1) is 11.7. The maximum absolute atomic E-state index is 12.6. The van der Waals surface area contributed by atoms with Crippen LogP contribution in [0.15, 0.2) is 74.3 Å². The van der Waals surface area contributed by atoms with E-state index in [1.165, 1.54) is 6.07 Å². The lowest BCUT2D eigenvalue weighted by molar-refractivity contribution is 0.415. The van der Waals surface area contributed by atoms with Crippen LogP contribution in [-0.4, -0.2) is 7.11 Å². The molecule has 0 unspecified atom stereocenters. The van der Waals surface area contributed by atoms with Crippen LogP contribution in [-0.2, 0) is 0 Å². The van der Waals surface area contributed by atoms with Gasteiger partial charge in [0.1, 0.15) is 17.1 Å². The Morgan fingerprint density at radius 3 is 2.33 bits per heavy atom. The summed E-state index contributed by atoms with van der Waals surface area (Å²) in [5, 5.41) is 2.49. The van der Waals surface area contributed by atoms with Gasteiger partial charge in [0, 0.05) is 21.5 Å². The molecule has 0 amide bonds. The SMILES string of the molecule is COc1ccc(-c2cc(=O)c3cc(Br)c4ccccc4c3o2)cc1. The lowest BCUT2D eigenvalue weighted by Crippen LogP contribution is -2.01. The topological polar surface area (TPSA) is 39.4 Å². The molecular formula is C20H13BrO3. The Hall–Kier alpha value is -2.59. The van der Waals surface area contributed by atoms with Crippen LogP contribution in [0.4, 0.5) is 0 Å². The van der Waals surface area contributed by atoms with Crippen LogP contribution >= 0.6 is 15.9 Å². The molecule has 4 aromatic rings. The second-order valence-corrected chi connectivity index (χ2v) is 6.34. The second-order valence-electron chi connectivity index (χ2n) is 5.48. The Morgan fingerprint density at radius 2 is 1.62 bits per heavy atom. The van der Waals surface area contributed by atoms with Gasteiger partial charge in [-0.2, -0.15) is 0 Å². The van der Waals surface area contributed by atoms with E-state index in [0.29, 0.717) is 16.7 Å². The van der Waals surface area contributed by atoms with Crippen LogP contribution in [0.25, 0.3) is 33.1 Å². The maximum atomic E-state index is 12.6. The smallest absolute Gasteiger partial charge is 0.193 e. The first-order valence-corrected chi connectivity index (χ1v) is 8.26. The zero-order valence-electron chi connectivity index (χ0n) is 12.9. The van der Waals surface area contributed by atoms with Crippen molar-refractivity contribution in [2.75, 3.05) is 7.11 Å². The van der Waals surface area contributed by atoms with Crippen molar-refractivity contribution < 1.29 is 9.15 Å². The first kappa shape index (κ1) is 15.0. The van der Waals surface area contributed by atoms with Crippen LogP contribution in [0.3, 0.4) is 0 Å². The summed E-state index contributed by atoms with van der Waals surface area (Å²) in [6.45, 7) is 0. The number of benzene rings is 3. The van der Waals surface area contributed by atoms with Gasteiger partial charge in [-0.15, -0.1) is 0 Å². The minimum absolute atomic E-state index is 0.0616. The summed E-state index contributed by atoms with van der Waals surface area (Å²) in [5.41, 5.74) is 1.38. The molecule has 0 saturated heterocycles. The number of methoxy groups -OCH3 is 1. The lowest BCUT2D eigenvalue weighted by Gasteiger charge is -2.08. The van der Waals surface area contributed by atoms with E-state index < -0.39 is 0 Å². The van der Waals surface area contributed by atoms with Crippen molar-refractivity contribution in [3.05, 3.63) is 75.4 Å². The fourth-order valence-corrected chi connectivity index (χ4v) is 3.41. The molecule has 3 aromatic carbocycles. The number of hydrogen-bond acceptors (Lipinski definition) is 3. The van der Waals surface area contributed by atoms with E-state index >= 15 is 0 Å². The molecule has 3 nitrogen and oxygen atoms in total. The molecule has 1 aromatic heterocycles. The highest BCUT2D eigenvalue weighted by Gasteiger charge is 2.12. The zero-order valence-corrected chi connectivity index (χ0v) is 14.5. The van der Waals surface area contributed by atoms with Crippen molar-refractivity contribution in [3.8, 4) is 17.1 Å². The average Bonchev–Trinajstić information content (AvgIpc) is 2.63. The Balaban J connectivity index is 2.03. The Kier molecular flexibility index (Phi) is 3.62. The standard InChI is InChI=1S/C20H13BrO3/c1-23-13-8-6-12(7-9-13)19-11-18(22)16-10-17(21)14-4-2-3-5-15(14)20(16)24-19/h2-11H,1H3.